The van der Waals surface area contributed by atoms with Gasteiger partial charge in [-0.05, 0) is 52.3 Å². The number of hydrazone groups is 1. The van der Waals surface area contributed by atoms with Gasteiger partial charge in [-0.15, -0.1) is 0 Å². The van der Waals surface area contributed by atoms with Crippen LogP contribution in [0.5, 0.6) is 5.75 Å². The van der Waals surface area contributed by atoms with Gasteiger partial charge < -0.3 is 9.64 Å². The lowest BCUT2D eigenvalue weighted by Crippen LogP contribution is -2.43. The SMILES string of the molecule is CCOc1ccccc1C(=O)N1CC(C)=NN2C(C)=C(C)C(C)=NC2C1. The Morgan fingerprint density at radius 1 is 1.23 bits per heavy atom. The molecule has 0 saturated heterocycles. The van der Waals surface area contributed by atoms with Crippen LogP contribution in [-0.2, 0) is 0 Å². The van der Waals surface area contributed by atoms with Crippen LogP contribution in [0.1, 0.15) is 45.0 Å². The molecule has 0 radical (unpaired) electrons. The molecule has 1 aromatic rings. The second-order valence-electron chi connectivity index (χ2n) is 6.70. The minimum atomic E-state index is -0.195. The highest BCUT2D eigenvalue weighted by Gasteiger charge is 2.32. The summed E-state index contributed by atoms with van der Waals surface area (Å²) < 4.78 is 5.64. The molecule has 1 amide bonds. The smallest absolute Gasteiger partial charge is 0.258 e. The third-order valence-electron chi connectivity index (χ3n) is 4.84. The van der Waals surface area contributed by atoms with E-state index in [-0.39, 0.29) is 12.1 Å². The Labute approximate surface area is 154 Å². The lowest BCUT2D eigenvalue weighted by molar-refractivity contribution is 0.0742. The first kappa shape index (κ1) is 18.2. The van der Waals surface area contributed by atoms with Crippen LogP contribution in [0, 0.1) is 0 Å². The summed E-state index contributed by atoms with van der Waals surface area (Å²) in [6, 6.07) is 7.39. The largest absolute Gasteiger partial charge is 0.493 e. The molecule has 3 rings (SSSR count). The Morgan fingerprint density at radius 3 is 2.69 bits per heavy atom. The first-order chi connectivity index (χ1) is 12.4. The third-order valence-corrected chi connectivity index (χ3v) is 4.84. The molecule has 0 N–H and O–H groups in total. The van der Waals surface area contributed by atoms with Crippen LogP contribution >= 0.6 is 0 Å². The molecule has 0 fully saturated rings. The van der Waals surface area contributed by atoms with Crippen LogP contribution in [-0.4, -0.2) is 53.1 Å². The molecule has 2 aliphatic heterocycles. The summed E-state index contributed by atoms with van der Waals surface area (Å²) in [4.78, 5) is 19.8. The Balaban J connectivity index is 1.92. The number of carbonyl (C=O) groups is 1. The number of nitrogens with zero attached hydrogens (tertiary/aromatic N) is 4. The number of allylic oxidation sites excluding steroid dienone is 2. The van der Waals surface area contributed by atoms with Crippen molar-refractivity contribution in [2.45, 2.75) is 40.8 Å². The number of ether oxygens (including phenoxy) is 1. The number of hydrogen-bond donors (Lipinski definition) is 0. The fourth-order valence-electron chi connectivity index (χ4n) is 3.30. The summed E-state index contributed by atoms with van der Waals surface area (Å²) in [5, 5.41) is 6.65. The van der Waals surface area contributed by atoms with Crippen LogP contribution < -0.4 is 4.74 Å². The van der Waals surface area contributed by atoms with Crippen molar-refractivity contribution in [2.75, 3.05) is 19.7 Å². The average Bonchev–Trinajstić information content (AvgIpc) is 2.79. The minimum absolute atomic E-state index is 0.0535. The Morgan fingerprint density at radius 2 is 1.96 bits per heavy atom. The molecule has 6 heteroatoms. The first-order valence-corrected chi connectivity index (χ1v) is 8.99. The highest BCUT2D eigenvalue weighted by Crippen LogP contribution is 2.26. The number of hydrogen-bond acceptors (Lipinski definition) is 5. The van der Waals surface area contributed by atoms with Crippen molar-refractivity contribution >= 4 is 17.3 Å². The fraction of sp³-hybridized carbons (Fsp3) is 0.450. The summed E-state index contributed by atoms with van der Waals surface area (Å²) >= 11 is 0. The van der Waals surface area contributed by atoms with Crippen molar-refractivity contribution < 1.29 is 9.53 Å². The van der Waals surface area contributed by atoms with E-state index in [9.17, 15) is 4.79 Å². The normalized spacial score (nSPS) is 20.3. The second-order valence-corrected chi connectivity index (χ2v) is 6.70. The lowest BCUT2D eigenvalue weighted by Gasteiger charge is -2.33. The number of benzene rings is 1. The van der Waals surface area contributed by atoms with Gasteiger partial charge in [-0.1, -0.05) is 12.1 Å². The zero-order valence-corrected chi connectivity index (χ0v) is 16.1. The number of para-hydroxylation sites is 1. The molecule has 138 valence electrons. The van der Waals surface area contributed by atoms with Gasteiger partial charge in [-0.25, -0.2) is 5.01 Å². The van der Waals surface area contributed by atoms with Crippen molar-refractivity contribution in [1.82, 2.24) is 9.91 Å². The molecule has 1 atom stereocenters. The maximum absolute atomic E-state index is 13.2. The molecule has 2 aliphatic rings. The lowest BCUT2D eigenvalue weighted by atomic mass is 10.1. The number of aliphatic imine (C=N–C) groups is 1. The van der Waals surface area contributed by atoms with Gasteiger partial charge in [0.1, 0.15) is 5.75 Å². The summed E-state index contributed by atoms with van der Waals surface area (Å²) in [6.07, 6.45) is -0.195. The van der Waals surface area contributed by atoms with E-state index >= 15 is 0 Å². The zero-order chi connectivity index (χ0) is 18.8. The standard InChI is InChI=1S/C20H26N4O2/c1-6-26-18-10-8-7-9-17(18)20(25)23-11-13(2)22-24-16(5)14(3)15(4)21-19(24)12-23/h7-10,19H,6,11-12H2,1-5H3. The van der Waals surface area contributed by atoms with Gasteiger partial charge in [0.05, 0.1) is 31.0 Å². The van der Waals surface area contributed by atoms with Crippen molar-refractivity contribution in [1.29, 1.82) is 0 Å². The van der Waals surface area contributed by atoms with Crippen molar-refractivity contribution in [3.63, 3.8) is 0 Å². The summed E-state index contributed by atoms with van der Waals surface area (Å²) in [7, 11) is 0. The molecule has 1 unspecified atom stereocenters. The van der Waals surface area contributed by atoms with Gasteiger partial charge in [0.15, 0.2) is 6.17 Å². The van der Waals surface area contributed by atoms with Gasteiger partial charge in [0.25, 0.3) is 5.91 Å². The van der Waals surface area contributed by atoms with Crippen LogP contribution in [0.2, 0.25) is 0 Å². The van der Waals surface area contributed by atoms with Crippen molar-refractivity contribution in [3.05, 3.63) is 41.1 Å². The molecular formula is C20H26N4O2. The summed E-state index contributed by atoms with van der Waals surface area (Å²) in [5.74, 6) is 0.563. The van der Waals surface area contributed by atoms with Gasteiger partial charge >= 0.3 is 0 Å². The van der Waals surface area contributed by atoms with E-state index in [0.29, 0.717) is 31.0 Å². The molecule has 26 heavy (non-hydrogen) atoms. The predicted octanol–water partition coefficient (Wildman–Crippen LogP) is 3.31. The molecule has 0 spiro atoms. The van der Waals surface area contributed by atoms with E-state index in [1.807, 2.05) is 54.9 Å². The molecule has 0 saturated carbocycles. The summed E-state index contributed by atoms with van der Waals surface area (Å²) in [6.45, 7) is 11.5. The average molecular weight is 354 g/mol. The topological polar surface area (TPSA) is 57.5 Å². The van der Waals surface area contributed by atoms with E-state index in [1.165, 1.54) is 0 Å². The van der Waals surface area contributed by atoms with E-state index in [1.54, 1.807) is 0 Å². The van der Waals surface area contributed by atoms with Crippen LogP contribution in [0.4, 0.5) is 0 Å². The van der Waals surface area contributed by atoms with Gasteiger partial charge in [-0.3, -0.25) is 9.79 Å². The quantitative estimate of drug-likeness (QED) is 0.837. The van der Waals surface area contributed by atoms with E-state index in [0.717, 1.165) is 22.7 Å². The van der Waals surface area contributed by atoms with E-state index in [4.69, 9.17) is 14.8 Å². The highest BCUT2D eigenvalue weighted by atomic mass is 16.5. The fourth-order valence-corrected chi connectivity index (χ4v) is 3.30. The molecule has 1 aromatic carbocycles. The van der Waals surface area contributed by atoms with Crippen molar-refractivity contribution in [3.8, 4) is 5.75 Å². The maximum Gasteiger partial charge on any atom is 0.258 e. The molecule has 0 bridgehead atoms. The van der Waals surface area contributed by atoms with Crippen LogP contribution in [0.25, 0.3) is 0 Å². The second kappa shape index (κ2) is 7.32. The molecule has 0 aliphatic carbocycles. The first-order valence-electron chi connectivity index (χ1n) is 8.99. The van der Waals surface area contributed by atoms with Gasteiger partial charge in [0, 0.05) is 11.4 Å². The third kappa shape index (κ3) is 3.36. The van der Waals surface area contributed by atoms with Crippen molar-refractivity contribution in [2.24, 2.45) is 10.1 Å². The Hall–Kier alpha value is -2.63. The zero-order valence-electron chi connectivity index (χ0n) is 16.1. The van der Waals surface area contributed by atoms with E-state index in [2.05, 4.69) is 13.8 Å². The van der Waals surface area contributed by atoms with Crippen LogP contribution in [0.15, 0.2) is 45.6 Å². The molecular weight excluding hydrogens is 328 g/mol. The highest BCUT2D eigenvalue weighted by molar-refractivity contribution is 6.01. The predicted molar refractivity (Wildman–Crippen MR) is 104 cm³/mol. The number of amides is 1. The number of rotatable bonds is 3. The Kier molecular flexibility index (Phi) is 5.11. The molecule has 2 heterocycles. The van der Waals surface area contributed by atoms with Gasteiger partial charge in [0.2, 0.25) is 0 Å². The number of carbonyl (C=O) groups excluding carboxylic acids is 1. The molecule has 0 aromatic heterocycles. The number of fused-ring (bicyclic) bond motifs is 1. The minimum Gasteiger partial charge on any atom is -0.493 e. The monoisotopic (exact) mass is 354 g/mol. The summed E-state index contributed by atoms with van der Waals surface area (Å²) in [5.41, 5.74) is 4.69. The molecule has 6 nitrogen and oxygen atoms in total. The Bertz CT molecular complexity index is 810. The van der Waals surface area contributed by atoms with Gasteiger partial charge in [-0.2, -0.15) is 5.10 Å². The van der Waals surface area contributed by atoms with E-state index < -0.39 is 0 Å². The maximum atomic E-state index is 13.2. The van der Waals surface area contributed by atoms with Crippen LogP contribution in [0.3, 0.4) is 0 Å².